The Morgan fingerprint density at radius 2 is 1.71 bits per heavy atom. The topological polar surface area (TPSA) is 61.8 Å². The summed E-state index contributed by atoms with van der Waals surface area (Å²) in [6, 6.07) is 0. The van der Waals surface area contributed by atoms with Crippen molar-refractivity contribution in [2.75, 3.05) is 0 Å². The van der Waals surface area contributed by atoms with Gasteiger partial charge in [0, 0.05) is 13.8 Å². The van der Waals surface area contributed by atoms with Gasteiger partial charge < -0.3 is 13.9 Å². The Balaban J connectivity index is 4.42. The monoisotopic (exact) mass is 218 g/mol. The summed E-state index contributed by atoms with van der Waals surface area (Å²) in [6.07, 6.45) is -0.224. The molecule has 0 fully saturated rings. The first-order valence-electron chi connectivity index (χ1n) is 4.01. The van der Waals surface area contributed by atoms with Crippen molar-refractivity contribution in [2.24, 2.45) is 0 Å². The van der Waals surface area contributed by atoms with Gasteiger partial charge in [0.25, 0.3) is 6.29 Å². The van der Waals surface area contributed by atoms with Gasteiger partial charge in [0.15, 0.2) is 0 Å². The average molecular weight is 218 g/mol. The molecule has 0 radical (unpaired) electrons. The minimum Gasteiger partial charge on any atom is -0.422 e. The van der Waals surface area contributed by atoms with Crippen LogP contribution in [0.2, 0.25) is 0 Å². The smallest absolute Gasteiger partial charge is 0.305 e. The molecule has 6 heteroatoms. The van der Waals surface area contributed by atoms with E-state index in [1.54, 1.807) is 0 Å². The zero-order chi connectivity index (χ0) is 11.1. The summed E-state index contributed by atoms with van der Waals surface area (Å²) in [4.78, 5) is 21.4. The van der Waals surface area contributed by atoms with Crippen molar-refractivity contribution in [1.29, 1.82) is 0 Å². The molecule has 0 amide bonds. The number of carbonyl (C=O) groups is 2. The summed E-state index contributed by atoms with van der Waals surface area (Å²) in [5, 5.41) is 0. The Morgan fingerprint density at radius 3 is 1.93 bits per heavy atom. The number of rotatable bonds is 5. The predicted molar refractivity (Wildman–Crippen MR) is 52.3 cm³/mol. The van der Waals surface area contributed by atoms with Gasteiger partial charge in [0.05, 0.1) is 0 Å². The fourth-order valence-corrected chi connectivity index (χ4v) is 1.22. The number of carbonyl (C=O) groups excluding carboxylic acids is 2. The van der Waals surface area contributed by atoms with Crippen molar-refractivity contribution in [3.05, 3.63) is 12.7 Å². The molecule has 5 nitrogen and oxygen atoms in total. The largest absolute Gasteiger partial charge is 0.422 e. The van der Waals surface area contributed by atoms with Gasteiger partial charge in [0.1, 0.15) is 16.6 Å². The Hall–Kier alpha value is -1.14. The fourth-order valence-electron chi connectivity index (χ4n) is 0.804. The van der Waals surface area contributed by atoms with Crippen LogP contribution < -0.4 is 0 Å². The van der Waals surface area contributed by atoms with Gasteiger partial charge in [-0.1, -0.05) is 6.08 Å². The maximum atomic E-state index is 10.7. The highest BCUT2D eigenvalue weighted by molar-refractivity contribution is 5.98. The van der Waals surface area contributed by atoms with Crippen LogP contribution in [0.4, 0.5) is 0 Å². The Bertz CT molecular complexity index is 212. The molecule has 0 aromatic heterocycles. The van der Waals surface area contributed by atoms with Crippen molar-refractivity contribution in [3.63, 3.8) is 0 Å². The summed E-state index contributed by atoms with van der Waals surface area (Å²) in [5.74, 6) is -1.08. The molecule has 0 rings (SSSR count). The van der Waals surface area contributed by atoms with Crippen LogP contribution in [-0.2, 0) is 23.5 Å². The molecule has 0 bridgehead atoms. The lowest BCUT2D eigenvalue weighted by molar-refractivity contribution is -0.196. The van der Waals surface area contributed by atoms with Crippen molar-refractivity contribution < 1.29 is 23.5 Å². The van der Waals surface area contributed by atoms with Crippen LogP contribution in [0.5, 0.6) is 0 Å². The minimum absolute atomic E-state index is 0.427. The van der Waals surface area contributed by atoms with Gasteiger partial charge in [-0.15, -0.1) is 6.58 Å². The minimum atomic E-state index is -1.04. The number of esters is 2. The molecular weight excluding hydrogens is 204 g/mol. The summed E-state index contributed by atoms with van der Waals surface area (Å²) in [6.45, 7) is 5.93. The van der Waals surface area contributed by atoms with E-state index in [4.69, 9.17) is 13.9 Å². The van der Waals surface area contributed by atoms with Gasteiger partial charge in [-0.3, -0.25) is 9.59 Å². The van der Waals surface area contributed by atoms with Crippen LogP contribution in [0, 0.1) is 0 Å². The Kier molecular flexibility index (Phi) is 5.81. The summed E-state index contributed by atoms with van der Waals surface area (Å²) in [7, 11) is 0.427. The third-order valence-corrected chi connectivity index (χ3v) is 1.88. The van der Waals surface area contributed by atoms with Crippen LogP contribution in [0.25, 0.3) is 0 Å². The molecule has 0 saturated carbocycles. The third kappa shape index (κ3) is 4.78. The van der Waals surface area contributed by atoms with E-state index in [1.807, 2.05) is 0 Å². The molecule has 14 heavy (non-hydrogen) atoms. The quantitative estimate of drug-likeness (QED) is 0.264. The van der Waals surface area contributed by atoms with Gasteiger partial charge in [-0.2, -0.15) is 0 Å². The molecule has 0 aromatic rings. The van der Waals surface area contributed by atoms with E-state index in [-0.39, 0.29) is 0 Å². The lowest BCUT2D eigenvalue weighted by Gasteiger charge is -2.22. The first-order chi connectivity index (χ1) is 6.51. The standard InChI is InChI=1S/C8H14O5Si/c1-4-7(13-14)8(11-5(2)9)12-6(3)10/h4,7-8H,1H2,2-3,14H3. The molecule has 1 unspecified atom stereocenters. The van der Waals surface area contributed by atoms with Crippen LogP contribution >= 0.6 is 0 Å². The van der Waals surface area contributed by atoms with Crippen molar-refractivity contribution in [1.82, 2.24) is 0 Å². The Labute approximate surface area is 85.6 Å². The third-order valence-electron chi connectivity index (χ3n) is 1.34. The van der Waals surface area contributed by atoms with E-state index in [1.165, 1.54) is 19.9 Å². The number of ether oxygens (including phenoxy) is 2. The highest BCUT2D eigenvalue weighted by atomic mass is 28.2. The molecule has 0 aromatic carbocycles. The van der Waals surface area contributed by atoms with Crippen LogP contribution in [0.1, 0.15) is 13.8 Å². The van der Waals surface area contributed by atoms with E-state index in [9.17, 15) is 9.59 Å². The molecule has 0 aliphatic rings. The van der Waals surface area contributed by atoms with Gasteiger partial charge in [-0.25, -0.2) is 0 Å². The zero-order valence-electron chi connectivity index (χ0n) is 8.48. The van der Waals surface area contributed by atoms with Gasteiger partial charge in [0.2, 0.25) is 0 Å². The number of hydrogen-bond acceptors (Lipinski definition) is 5. The lowest BCUT2D eigenvalue weighted by Crippen LogP contribution is -2.34. The van der Waals surface area contributed by atoms with E-state index < -0.39 is 24.3 Å². The predicted octanol–water partition coefficient (Wildman–Crippen LogP) is -0.710. The molecule has 0 spiro atoms. The second kappa shape index (κ2) is 6.33. The van der Waals surface area contributed by atoms with Crippen LogP contribution in [-0.4, -0.2) is 34.8 Å². The molecule has 1 atom stereocenters. The molecule has 0 saturated heterocycles. The summed E-state index contributed by atoms with van der Waals surface area (Å²) < 4.78 is 14.5. The molecule has 0 aliphatic heterocycles. The highest BCUT2D eigenvalue weighted by Crippen LogP contribution is 2.07. The Morgan fingerprint density at radius 1 is 1.29 bits per heavy atom. The number of hydrogen-bond donors (Lipinski definition) is 0. The van der Waals surface area contributed by atoms with Crippen molar-refractivity contribution in [3.8, 4) is 0 Å². The summed E-state index contributed by atoms with van der Waals surface area (Å²) >= 11 is 0. The second-order valence-corrected chi connectivity index (χ2v) is 2.99. The van der Waals surface area contributed by atoms with E-state index in [0.717, 1.165) is 0 Å². The molecule has 0 heterocycles. The zero-order valence-corrected chi connectivity index (χ0v) is 10.5. The normalized spacial score (nSPS) is 12.2. The highest BCUT2D eigenvalue weighted by Gasteiger charge is 2.23. The van der Waals surface area contributed by atoms with Gasteiger partial charge in [-0.05, 0) is 0 Å². The molecule has 0 aliphatic carbocycles. The maximum absolute atomic E-state index is 10.7. The molecule has 80 valence electrons. The first kappa shape index (κ1) is 12.9. The summed E-state index contributed by atoms with van der Waals surface area (Å²) in [5.41, 5.74) is 0. The SMILES string of the molecule is C=CC(O[SiH3])C(OC(C)=O)OC(C)=O. The van der Waals surface area contributed by atoms with E-state index in [2.05, 4.69) is 6.58 Å². The van der Waals surface area contributed by atoms with Crippen LogP contribution in [0.15, 0.2) is 12.7 Å². The van der Waals surface area contributed by atoms with Crippen molar-refractivity contribution in [2.45, 2.75) is 26.2 Å². The van der Waals surface area contributed by atoms with Crippen molar-refractivity contribution >= 4 is 22.4 Å². The van der Waals surface area contributed by atoms with E-state index in [0.29, 0.717) is 10.5 Å². The molecular formula is C8H14O5Si. The van der Waals surface area contributed by atoms with E-state index >= 15 is 0 Å². The second-order valence-electron chi connectivity index (χ2n) is 2.52. The van der Waals surface area contributed by atoms with Crippen LogP contribution in [0.3, 0.4) is 0 Å². The maximum Gasteiger partial charge on any atom is 0.305 e. The average Bonchev–Trinajstić information content (AvgIpc) is 2.03. The molecule has 0 N–H and O–H groups in total. The first-order valence-corrected chi connectivity index (χ1v) is 4.82. The lowest BCUT2D eigenvalue weighted by atomic mass is 10.3. The fraction of sp³-hybridized carbons (Fsp3) is 0.500. The van der Waals surface area contributed by atoms with Gasteiger partial charge >= 0.3 is 11.9 Å².